The normalized spacial score (nSPS) is 12.7. The summed E-state index contributed by atoms with van der Waals surface area (Å²) in [6.45, 7) is 4.28. The van der Waals surface area contributed by atoms with Gasteiger partial charge in [0.25, 0.3) is 0 Å². The van der Waals surface area contributed by atoms with Crippen molar-refractivity contribution >= 4 is 50.5 Å². The Kier molecular flexibility index (Phi) is 9.08. The molecule has 58 heavy (non-hydrogen) atoms. The van der Waals surface area contributed by atoms with Crippen LogP contribution in [0.5, 0.6) is 23.0 Å². The Morgan fingerprint density at radius 1 is 0.414 bits per heavy atom. The van der Waals surface area contributed by atoms with Gasteiger partial charge in [0.15, 0.2) is 0 Å². The van der Waals surface area contributed by atoms with Crippen LogP contribution in [0.3, 0.4) is 0 Å². The molecule has 0 aliphatic heterocycles. The number of hydrogen-bond donors (Lipinski definition) is 0. The van der Waals surface area contributed by atoms with Crippen molar-refractivity contribution in [3.05, 3.63) is 222 Å². The summed E-state index contributed by atoms with van der Waals surface area (Å²) in [7, 11) is 0. The number of nitrogens with zero attached hydrogens (tertiary/aromatic N) is 2. The van der Waals surface area contributed by atoms with E-state index in [9.17, 15) is 0 Å². The van der Waals surface area contributed by atoms with Crippen LogP contribution in [-0.4, -0.2) is 0 Å². The lowest BCUT2D eigenvalue weighted by Crippen LogP contribution is -2.20. The molecule has 4 nitrogen and oxygen atoms in total. The molecular weight excluding hydrogens is 709 g/mol. The number of para-hydroxylation sites is 2. The zero-order valence-electron chi connectivity index (χ0n) is 32.6. The second-order valence-corrected chi connectivity index (χ2v) is 15.0. The van der Waals surface area contributed by atoms with Crippen LogP contribution in [0.2, 0.25) is 0 Å². The van der Waals surface area contributed by atoms with Crippen LogP contribution in [0.25, 0.3) is 22.0 Å². The molecule has 2 aliphatic rings. The SMILES string of the molecule is Cc1ccc(N(C2=CCC3=CCc4c(N(c5ccc(C)cc5)c5ccc(Oc6ccccc6)cc5)ccc5ccc2c3c45)c2ccc(Oc3ccccc3)cc2)cc1. The molecule has 0 radical (unpaired) electrons. The Labute approximate surface area is 340 Å². The minimum atomic E-state index is 0.802. The fraction of sp³-hybridized carbons (Fsp3) is 0.0741. The van der Waals surface area contributed by atoms with Crippen molar-refractivity contribution in [2.45, 2.75) is 26.7 Å². The Balaban J connectivity index is 1.08. The molecule has 2 aliphatic carbocycles. The molecule has 0 saturated heterocycles. The molecule has 0 atom stereocenters. The van der Waals surface area contributed by atoms with Crippen LogP contribution in [0.1, 0.15) is 34.2 Å². The highest BCUT2D eigenvalue weighted by Gasteiger charge is 2.30. The summed E-state index contributed by atoms with van der Waals surface area (Å²) >= 11 is 0. The van der Waals surface area contributed by atoms with Crippen LogP contribution in [0.4, 0.5) is 28.4 Å². The van der Waals surface area contributed by atoms with Gasteiger partial charge in [0.2, 0.25) is 0 Å². The first kappa shape index (κ1) is 35.1. The van der Waals surface area contributed by atoms with Crippen molar-refractivity contribution in [2.75, 3.05) is 9.80 Å². The predicted molar refractivity (Wildman–Crippen MR) is 240 cm³/mol. The van der Waals surface area contributed by atoms with Gasteiger partial charge in [-0.3, -0.25) is 0 Å². The summed E-state index contributed by atoms with van der Waals surface area (Å²) in [5.74, 6) is 3.24. The average molecular weight is 751 g/mol. The maximum atomic E-state index is 6.20. The van der Waals surface area contributed by atoms with Gasteiger partial charge in [-0.15, -0.1) is 0 Å². The van der Waals surface area contributed by atoms with E-state index in [1.807, 2.05) is 60.7 Å². The van der Waals surface area contributed by atoms with Crippen molar-refractivity contribution in [2.24, 2.45) is 0 Å². The summed E-state index contributed by atoms with van der Waals surface area (Å²) < 4.78 is 12.4. The van der Waals surface area contributed by atoms with Crippen molar-refractivity contribution in [3.63, 3.8) is 0 Å². The molecule has 280 valence electrons. The highest BCUT2D eigenvalue weighted by atomic mass is 16.5. The first-order valence-electron chi connectivity index (χ1n) is 19.9. The van der Waals surface area contributed by atoms with Crippen LogP contribution in [0, 0.1) is 13.8 Å². The van der Waals surface area contributed by atoms with E-state index in [-0.39, 0.29) is 0 Å². The number of allylic oxidation sites excluding steroid dienone is 3. The van der Waals surface area contributed by atoms with E-state index >= 15 is 0 Å². The molecule has 0 spiro atoms. The van der Waals surface area contributed by atoms with E-state index in [1.165, 1.54) is 55.5 Å². The maximum absolute atomic E-state index is 6.20. The Hall–Kier alpha value is -7.30. The van der Waals surface area contributed by atoms with E-state index in [4.69, 9.17) is 9.47 Å². The van der Waals surface area contributed by atoms with E-state index in [0.717, 1.165) is 58.6 Å². The minimum Gasteiger partial charge on any atom is -0.457 e. The molecule has 0 saturated carbocycles. The molecule has 10 rings (SSSR count). The molecule has 0 N–H and O–H groups in total. The molecule has 0 bridgehead atoms. The zero-order chi connectivity index (χ0) is 39.0. The third-order valence-corrected chi connectivity index (χ3v) is 11.1. The molecule has 8 aromatic rings. The van der Waals surface area contributed by atoms with Crippen molar-refractivity contribution in [1.29, 1.82) is 0 Å². The molecule has 4 heteroatoms. The number of aryl methyl sites for hydroxylation is 2. The second-order valence-electron chi connectivity index (χ2n) is 15.0. The van der Waals surface area contributed by atoms with Gasteiger partial charge < -0.3 is 19.3 Å². The molecule has 0 aromatic heterocycles. The number of rotatable bonds is 10. The zero-order valence-corrected chi connectivity index (χ0v) is 32.6. The first-order valence-corrected chi connectivity index (χ1v) is 19.9. The largest absolute Gasteiger partial charge is 0.457 e. The summed E-state index contributed by atoms with van der Waals surface area (Å²) in [6, 6.07) is 63.7. The quantitative estimate of drug-likeness (QED) is 0.139. The molecule has 0 heterocycles. The molecule has 0 fully saturated rings. The van der Waals surface area contributed by atoms with Crippen molar-refractivity contribution in [3.8, 4) is 23.0 Å². The summed E-state index contributed by atoms with van der Waals surface area (Å²) in [5, 5.41) is 2.58. The number of benzene rings is 8. The highest BCUT2D eigenvalue weighted by Crippen LogP contribution is 2.50. The second kappa shape index (κ2) is 15.0. The number of hydrogen-bond acceptors (Lipinski definition) is 4. The average Bonchev–Trinajstić information content (AvgIpc) is 3.27. The monoisotopic (exact) mass is 750 g/mol. The molecular formula is C54H42N2O2. The predicted octanol–water partition coefficient (Wildman–Crippen LogP) is 15.0. The van der Waals surface area contributed by atoms with Gasteiger partial charge in [-0.1, -0.05) is 102 Å². The Morgan fingerprint density at radius 2 is 0.879 bits per heavy atom. The number of anilines is 5. The lowest BCUT2D eigenvalue weighted by Gasteiger charge is -2.35. The van der Waals surface area contributed by atoms with Gasteiger partial charge in [0, 0.05) is 28.3 Å². The van der Waals surface area contributed by atoms with E-state index < -0.39 is 0 Å². The molecule has 0 unspecified atom stereocenters. The summed E-state index contributed by atoms with van der Waals surface area (Å²) in [4.78, 5) is 4.80. The molecule has 8 aromatic carbocycles. The van der Waals surface area contributed by atoms with Crippen molar-refractivity contribution in [1.82, 2.24) is 0 Å². The lowest BCUT2D eigenvalue weighted by molar-refractivity contribution is 0.482. The molecule has 0 amide bonds. The summed E-state index contributed by atoms with van der Waals surface area (Å²) in [5.41, 5.74) is 14.5. The smallest absolute Gasteiger partial charge is 0.127 e. The van der Waals surface area contributed by atoms with Gasteiger partial charge in [0.05, 0.1) is 11.4 Å². The van der Waals surface area contributed by atoms with Gasteiger partial charge in [0.1, 0.15) is 23.0 Å². The topological polar surface area (TPSA) is 24.9 Å². The third-order valence-electron chi connectivity index (χ3n) is 11.1. The highest BCUT2D eigenvalue weighted by molar-refractivity contribution is 6.08. The van der Waals surface area contributed by atoms with E-state index in [0.29, 0.717) is 0 Å². The maximum Gasteiger partial charge on any atom is 0.127 e. The fourth-order valence-corrected chi connectivity index (χ4v) is 8.30. The van der Waals surface area contributed by atoms with Gasteiger partial charge in [-0.05, 0) is 157 Å². The Morgan fingerprint density at radius 3 is 1.41 bits per heavy atom. The Bertz CT molecular complexity index is 2810. The van der Waals surface area contributed by atoms with Gasteiger partial charge in [-0.25, -0.2) is 0 Å². The van der Waals surface area contributed by atoms with E-state index in [1.54, 1.807) is 0 Å². The fourth-order valence-electron chi connectivity index (χ4n) is 8.30. The lowest BCUT2D eigenvalue weighted by atomic mass is 9.79. The van der Waals surface area contributed by atoms with Crippen LogP contribution >= 0.6 is 0 Å². The minimum absolute atomic E-state index is 0.802. The van der Waals surface area contributed by atoms with Crippen LogP contribution in [0.15, 0.2) is 194 Å². The van der Waals surface area contributed by atoms with Crippen molar-refractivity contribution < 1.29 is 9.47 Å². The van der Waals surface area contributed by atoms with Crippen LogP contribution in [-0.2, 0) is 6.42 Å². The van der Waals surface area contributed by atoms with E-state index in [2.05, 4.69) is 157 Å². The number of ether oxygens (including phenoxy) is 2. The summed E-state index contributed by atoms with van der Waals surface area (Å²) in [6.07, 6.45) is 6.56. The van der Waals surface area contributed by atoms with Gasteiger partial charge in [-0.2, -0.15) is 0 Å². The first-order chi connectivity index (χ1) is 28.6. The van der Waals surface area contributed by atoms with Crippen LogP contribution < -0.4 is 19.3 Å². The third kappa shape index (κ3) is 6.69. The standard InChI is InChI=1S/C54H42N2O2/c1-37-13-21-41(22-14-37)55(43-25-29-47(30-26-43)57-45-9-5-3-6-10-45)51-35-19-39-18-34-50-52(36-20-40-17-33-49(51)53(39)54(40)50)56(42-23-15-38(2)16-24-42)44-27-31-48(32-28-44)58-46-11-7-4-8-12-46/h3-19,21-32,34-36H,20,33H2,1-2H3. The van der Waals surface area contributed by atoms with Gasteiger partial charge >= 0.3 is 0 Å².